The summed E-state index contributed by atoms with van der Waals surface area (Å²) in [5.74, 6) is 0.668. The van der Waals surface area contributed by atoms with Crippen molar-refractivity contribution in [3.05, 3.63) is 106 Å². The summed E-state index contributed by atoms with van der Waals surface area (Å²) in [6.07, 6.45) is 3.77. The van der Waals surface area contributed by atoms with Crippen LogP contribution in [0.25, 0.3) is 11.0 Å². The van der Waals surface area contributed by atoms with E-state index >= 15 is 0 Å². The molecular formula is C28H22ClN3O4. The molecule has 0 radical (unpaired) electrons. The molecule has 1 N–H and O–H groups in total. The van der Waals surface area contributed by atoms with Crippen LogP contribution >= 0.6 is 11.6 Å². The smallest absolute Gasteiger partial charge is 0.307 e. The zero-order valence-corrected chi connectivity index (χ0v) is 20.2. The number of halogens is 1. The molecule has 0 aliphatic heterocycles. The first-order valence-corrected chi connectivity index (χ1v) is 11.3. The van der Waals surface area contributed by atoms with Gasteiger partial charge in [0, 0.05) is 21.5 Å². The number of carbonyl (C=O) groups is 1. The van der Waals surface area contributed by atoms with Gasteiger partial charge in [0.15, 0.2) is 17.3 Å². The van der Waals surface area contributed by atoms with Crippen molar-refractivity contribution < 1.29 is 18.7 Å². The van der Waals surface area contributed by atoms with Crippen LogP contribution in [0, 0.1) is 11.3 Å². The average molecular weight is 500 g/mol. The highest BCUT2D eigenvalue weighted by atomic mass is 35.5. The second kappa shape index (κ2) is 11.3. The Bertz CT molecular complexity index is 1500. The van der Waals surface area contributed by atoms with Crippen LogP contribution in [0.4, 0.5) is 0 Å². The van der Waals surface area contributed by atoms with Gasteiger partial charge in [-0.2, -0.15) is 10.4 Å². The van der Waals surface area contributed by atoms with Crippen molar-refractivity contribution in [3.63, 3.8) is 0 Å². The van der Waals surface area contributed by atoms with Gasteiger partial charge in [0.25, 0.3) is 0 Å². The molecule has 0 atom stereocenters. The third kappa shape index (κ3) is 5.57. The number of fused-ring (bicyclic) bond motifs is 1. The van der Waals surface area contributed by atoms with Gasteiger partial charge in [-0.05, 0) is 54.4 Å². The largest absolute Gasteiger partial charge is 0.493 e. The lowest BCUT2D eigenvalue weighted by Gasteiger charge is -2.16. The number of hydrazone groups is 1. The van der Waals surface area contributed by atoms with Crippen molar-refractivity contribution in [2.75, 3.05) is 7.11 Å². The van der Waals surface area contributed by atoms with Crippen molar-refractivity contribution in [2.24, 2.45) is 5.10 Å². The van der Waals surface area contributed by atoms with E-state index in [0.717, 1.165) is 16.5 Å². The van der Waals surface area contributed by atoms with E-state index < -0.39 is 5.91 Å². The second-order valence-electron chi connectivity index (χ2n) is 7.75. The number of benzene rings is 3. The quantitative estimate of drug-likeness (QED) is 0.172. The van der Waals surface area contributed by atoms with E-state index in [4.69, 9.17) is 25.5 Å². The first kappa shape index (κ1) is 24.6. The topological polar surface area (TPSA) is 96.8 Å². The number of hydrogen-bond acceptors (Lipinski definition) is 6. The molecule has 8 heteroatoms. The van der Waals surface area contributed by atoms with E-state index in [9.17, 15) is 10.1 Å². The molecule has 0 aliphatic rings. The highest BCUT2D eigenvalue weighted by Crippen LogP contribution is 2.34. The number of nitriles is 1. The Morgan fingerprint density at radius 3 is 2.81 bits per heavy atom. The molecule has 0 bridgehead atoms. The number of allylic oxidation sites excluding steroid dienone is 1. The number of amides is 1. The molecule has 4 aromatic rings. The van der Waals surface area contributed by atoms with Gasteiger partial charge in [0.2, 0.25) is 0 Å². The Kier molecular flexibility index (Phi) is 7.69. The highest BCUT2D eigenvalue weighted by molar-refractivity contribution is 6.31. The normalized spacial score (nSPS) is 10.8. The summed E-state index contributed by atoms with van der Waals surface area (Å²) >= 11 is 5.99. The molecule has 3 aromatic carbocycles. The van der Waals surface area contributed by atoms with Gasteiger partial charge in [0.05, 0.1) is 25.0 Å². The molecule has 0 saturated carbocycles. The maximum absolute atomic E-state index is 12.5. The molecule has 7 nitrogen and oxygen atoms in total. The fourth-order valence-corrected chi connectivity index (χ4v) is 3.81. The number of ether oxygens (including phenoxy) is 2. The summed E-state index contributed by atoms with van der Waals surface area (Å²) in [7, 11) is 1.54. The Morgan fingerprint density at radius 1 is 1.19 bits per heavy atom. The summed E-state index contributed by atoms with van der Waals surface area (Å²) in [6, 6.07) is 19.8. The molecule has 1 amide bonds. The first-order valence-electron chi connectivity index (χ1n) is 11.0. The molecule has 1 aromatic heterocycles. The second-order valence-corrected chi connectivity index (χ2v) is 8.19. The molecule has 0 fully saturated rings. The number of rotatable bonds is 9. The third-order valence-electron chi connectivity index (χ3n) is 5.33. The molecule has 36 heavy (non-hydrogen) atoms. The molecule has 0 spiro atoms. The SMILES string of the molecule is C=CCc1cc(/C=N/NC(=O)c2cc3cc(Cl)ccc3o2)cc(OC)c1OCc1ccccc1C#N. The molecular weight excluding hydrogens is 478 g/mol. The fraction of sp³-hybridized carbons (Fsp3) is 0.107. The average Bonchev–Trinajstić information content (AvgIpc) is 3.31. The van der Waals surface area contributed by atoms with Crippen LogP contribution in [-0.4, -0.2) is 19.2 Å². The molecule has 4 rings (SSSR count). The zero-order chi connectivity index (χ0) is 25.5. The van der Waals surface area contributed by atoms with Crippen LogP contribution < -0.4 is 14.9 Å². The number of methoxy groups -OCH3 is 1. The maximum atomic E-state index is 12.5. The van der Waals surface area contributed by atoms with Gasteiger partial charge in [-0.15, -0.1) is 6.58 Å². The monoisotopic (exact) mass is 499 g/mol. The summed E-state index contributed by atoms with van der Waals surface area (Å²) < 4.78 is 17.2. The van der Waals surface area contributed by atoms with Crippen LogP contribution in [0.2, 0.25) is 5.02 Å². The van der Waals surface area contributed by atoms with Gasteiger partial charge in [-0.3, -0.25) is 4.79 Å². The molecule has 1 heterocycles. The standard InChI is InChI=1S/C28H22ClN3O4/c1-3-6-19-11-18(12-25(34-2)27(19)35-17-21-8-5-4-7-20(21)15-30)16-31-32-28(33)26-14-22-13-23(29)9-10-24(22)36-26/h3-5,7-14,16H,1,6,17H2,2H3,(H,32,33)/b31-16+. The van der Waals surface area contributed by atoms with Crippen molar-refractivity contribution in [1.29, 1.82) is 5.26 Å². The molecule has 180 valence electrons. The molecule has 0 saturated heterocycles. The third-order valence-corrected chi connectivity index (χ3v) is 5.57. The van der Waals surface area contributed by atoms with Crippen molar-refractivity contribution in [2.45, 2.75) is 13.0 Å². The van der Waals surface area contributed by atoms with Gasteiger partial charge in [0.1, 0.15) is 12.2 Å². The lowest BCUT2D eigenvalue weighted by atomic mass is 10.1. The van der Waals surface area contributed by atoms with Crippen LogP contribution in [-0.2, 0) is 13.0 Å². The number of nitrogens with zero attached hydrogens (tertiary/aromatic N) is 2. The zero-order valence-electron chi connectivity index (χ0n) is 19.5. The van der Waals surface area contributed by atoms with Gasteiger partial charge in [-0.25, -0.2) is 5.43 Å². The number of nitrogens with one attached hydrogen (secondary N) is 1. The van der Waals surface area contributed by atoms with Gasteiger partial charge >= 0.3 is 5.91 Å². The summed E-state index contributed by atoms with van der Waals surface area (Å²) in [5.41, 5.74) is 5.85. The Balaban J connectivity index is 1.52. The van der Waals surface area contributed by atoms with E-state index in [1.165, 1.54) is 6.21 Å². The van der Waals surface area contributed by atoms with Crippen LogP contribution in [0.15, 0.2) is 82.8 Å². The summed E-state index contributed by atoms with van der Waals surface area (Å²) in [4.78, 5) is 12.5. The Morgan fingerprint density at radius 2 is 2.03 bits per heavy atom. The molecule has 0 unspecified atom stereocenters. The van der Waals surface area contributed by atoms with Crippen LogP contribution in [0.3, 0.4) is 0 Å². The lowest BCUT2D eigenvalue weighted by molar-refractivity contribution is 0.0929. The first-order chi connectivity index (χ1) is 17.5. The summed E-state index contributed by atoms with van der Waals surface area (Å²) in [5, 5.41) is 14.7. The van der Waals surface area contributed by atoms with E-state index in [1.54, 1.807) is 49.6 Å². The van der Waals surface area contributed by atoms with Crippen molar-refractivity contribution >= 4 is 34.7 Å². The maximum Gasteiger partial charge on any atom is 0.307 e. The predicted molar refractivity (Wildman–Crippen MR) is 139 cm³/mol. The Labute approximate surface area is 213 Å². The predicted octanol–water partition coefficient (Wildman–Crippen LogP) is 6.04. The fourth-order valence-electron chi connectivity index (χ4n) is 3.63. The van der Waals surface area contributed by atoms with Gasteiger partial charge in [-0.1, -0.05) is 35.9 Å². The minimum Gasteiger partial charge on any atom is -0.493 e. The number of furan rings is 1. The van der Waals surface area contributed by atoms with Gasteiger partial charge < -0.3 is 13.9 Å². The van der Waals surface area contributed by atoms with Crippen LogP contribution in [0.5, 0.6) is 11.5 Å². The van der Waals surface area contributed by atoms with E-state index in [0.29, 0.717) is 39.7 Å². The van der Waals surface area contributed by atoms with E-state index in [-0.39, 0.29) is 12.4 Å². The highest BCUT2D eigenvalue weighted by Gasteiger charge is 2.15. The molecule has 0 aliphatic carbocycles. The van der Waals surface area contributed by atoms with Crippen molar-refractivity contribution in [3.8, 4) is 17.6 Å². The number of hydrogen-bond donors (Lipinski definition) is 1. The van der Waals surface area contributed by atoms with Crippen LogP contribution in [0.1, 0.15) is 32.8 Å². The van der Waals surface area contributed by atoms with Crippen molar-refractivity contribution in [1.82, 2.24) is 5.43 Å². The van der Waals surface area contributed by atoms with E-state index in [2.05, 4.69) is 23.2 Å². The lowest BCUT2D eigenvalue weighted by Crippen LogP contribution is -2.16. The van der Waals surface area contributed by atoms with E-state index in [1.807, 2.05) is 24.3 Å². The Hall–Kier alpha value is -4.54. The minimum atomic E-state index is -0.493. The number of carbonyl (C=O) groups excluding carboxylic acids is 1. The summed E-state index contributed by atoms with van der Waals surface area (Å²) in [6.45, 7) is 4.03. The minimum absolute atomic E-state index is 0.121.